The van der Waals surface area contributed by atoms with Crippen molar-refractivity contribution in [2.75, 3.05) is 32.6 Å². The summed E-state index contributed by atoms with van der Waals surface area (Å²) < 4.78 is 37.6. The second-order valence-corrected chi connectivity index (χ2v) is 8.03. The van der Waals surface area contributed by atoms with Crippen LogP contribution in [0.15, 0.2) is 54.9 Å². The van der Waals surface area contributed by atoms with Crippen molar-refractivity contribution in [3.8, 4) is 16.9 Å². The number of aliphatic hydroxyl groups excluding tert-OH is 1. The van der Waals surface area contributed by atoms with Gasteiger partial charge in [0.2, 0.25) is 0 Å². The number of aromatic nitrogens is 2. The number of alkyl halides is 3. The zero-order chi connectivity index (χ0) is 26.9. The van der Waals surface area contributed by atoms with Gasteiger partial charge in [-0.3, -0.25) is 9.89 Å². The molecule has 1 heterocycles. The summed E-state index contributed by atoms with van der Waals surface area (Å²) in [6, 6.07) is 11.9. The maximum Gasteiger partial charge on any atom is 0.490 e. The van der Waals surface area contributed by atoms with E-state index in [0.717, 1.165) is 17.7 Å². The van der Waals surface area contributed by atoms with Crippen LogP contribution in [0.4, 0.5) is 18.9 Å². The predicted molar refractivity (Wildman–Crippen MR) is 127 cm³/mol. The average molecular weight is 529 g/mol. The van der Waals surface area contributed by atoms with Gasteiger partial charge in [-0.2, -0.15) is 18.3 Å². The largest absolute Gasteiger partial charge is 0.490 e. The number of benzene rings is 2. The van der Waals surface area contributed by atoms with E-state index in [0.29, 0.717) is 28.6 Å². The van der Waals surface area contributed by atoms with Crippen molar-refractivity contribution in [3.63, 3.8) is 0 Å². The van der Waals surface area contributed by atoms with Crippen LogP contribution in [0.3, 0.4) is 0 Å². The number of carboxylic acid groups (broad SMARTS) is 1. The van der Waals surface area contributed by atoms with Gasteiger partial charge in [-0.1, -0.05) is 29.8 Å². The Hall–Kier alpha value is -3.61. The van der Waals surface area contributed by atoms with Crippen molar-refractivity contribution in [2.24, 2.45) is 0 Å². The van der Waals surface area contributed by atoms with Crippen LogP contribution in [-0.4, -0.2) is 70.6 Å². The Morgan fingerprint density at radius 2 is 1.81 bits per heavy atom. The van der Waals surface area contributed by atoms with E-state index < -0.39 is 24.2 Å². The van der Waals surface area contributed by atoms with E-state index in [2.05, 4.69) is 15.5 Å². The SMILES string of the molecule is CN(C)CCOc1cc(-c2cn[nH]c2)ccc1NC(=O)C(O)c1ccc(Cl)cc1.O=C(O)C(F)(F)F. The third-order valence-corrected chi connectivity index (χ3v) is 4.80. The number of nitrogens with zero attached hydrogens (tertiary/aromatic N) is 2. The summed E-state index contributed by atoms with van der Waals surface area (Å²) in [5.41, 5.74) is 2.74. The number of aliphatic carboxylic acids is 1. The molecule has 4 N–H and O–H groups in total. The molecule has 1 unspecified atom stereocenters. The number of carbonyl (C=O) groups is 2. The molecule has 0 saturated carbocycles. The first kappa shape index (κ1) is 28.6. The van der Waals surface area contributed by atoms with Crippen LogP contribution in [0.5, 0.6) is 5.75 Å². The van der Waals surface area contributed by atoms with Crippen LogP contribution in [-0.2, 0) is 9.59 Å². The number of amides is 1. The molecule has 36 heavy (non-hydrogen) atoms. The number of anilines is 1. The second-order valence-electron chi connectivity index (χ2n) is 7.60. The van der Waals surface area contributed by atoms with Crippen LogP contribution >= 0.6 is 11.6 Å². The van der Waals surface area contributed by atoms with Gasteiger partial charge in [0.1, 0.15) is 12.4 Å². The first-order valence-electron chi connectivity index (χ1n) is 10.3. The highest BCUT2D eigenvalue weighted by Gasteiger charge is 2.38. The summed E-state index contributed by atoms with van der Waals surface area (Å²) in [5, 5.41) is 27.5. The van der Waals surface area contributed by atoms with E-state index in [9.17, 15) is 23.1 Å². The smallest absolute Gasteiger partial charge is 0.490 e. The van der Waals surface area contributed by atoms with Gasteiger partial charge < -0.3 is 25.2 Å². The van der Waals surface area contributed by atoms with E-state index in [1.54, 1.807) is 42.7 Å². The van der Waals surface area contributed by atoms with Crippen LogP contribution in [0.25, 0.3) is 11.1 Å². The molecular weight excluding hydrogens is 505 g/mol. The standard InChI is InChI=1S/C21H23ClN4O3.C2HF3O2/c1-26(2)9-10-29-19-11-15(16-12-23-24-13-16)5-8-18(19)25-21(28)20(27)14-3-6-17(22)7-4-14;3-2(4,5)1(6)7/h3-8,11-13,20,27H,9-10H2,1-2H3,(H,23,24)(H,25,28);(H,6,7). The number of ether oxygens (including phenoxy) is 1. The molecule has 3 rings (SSSR count). The molecule has 0 aliphatic carbocycles. The van der Waals surface area contributed by atoms with Crippen molar-refractivity contribution >= 4 is 29.2 Å². The summed E-state index contributed by atoms with van der Waals surface area (Å²) in [6.45, 7) is 1.17. The number of hydrogen-bond donors (Lipinski definition) is 4. The number of carbonyl (C=O) groups excluding carboxylic acids is 1. The molecule has 1 aromatic heterocycles. The molecule has 194 valence electrons. The lowest BCUT2D eigenvalue weighted by molar-refractivity contribution is -0.192. The van der Waals surface area contributed by atoms with Gasteiger partial charge in [0.25, 0.3) is 5.91 Å². The zero-order valence-corrected chi connectivity index (χ0v) is 20.0. The molecule has 1 atom stereocenters. The van der Waals surface area contributed by atoms with Crippen LogP contribution < -0.4 is 10.1 Å². The number of halogens is 4. The Morgan fingerprint density at radius 1 is 1.17 bits per heavy atom. The van der Waals surface area contributed by atoms with Gasteiger partial charge in [0.05, 0.1) is 11.9 Å². The van der Waals surface area contributed by atoms with Gasteiger partial charge in [0, 0.05) is 23.3 Å². The molecule has 13 heteroatoms. The minimum absolute atomic E-state index is 0.449. The highest BCUT2D eigenvalue weighted by molar-refractivity contribution is 6.30. The van der Waals surface area contributed by atoms with Gasteiger partial charge >= 0.3 is 12.1 Å². The van der Waals surface area contributed by atoms with E-state index in [4.69, 9.17) is 26.2 Å². The van der Waals surface area contributed by atoms with E-state index in [1.165, 1.54) is 0 Å². The highest BCUT2D eigenvalue weighted by Crippen LogP contribution is 2.31. The molecule has 0 saturated heterocycles. The maximum atomic E-state index is 12.6. The van der Waals surface area contributed by atoms with Crippen molar-refractivity contribution in [2.45, 2.75) is 12.3 Å². The molecule has 9 nitrogen and oxygen atoms in total. The normalized spacial score (nSPS) is 11.9. The fourth-order valence-corrected chi connectivity index (χ4v) is 2.80. The lowest BCUT2D eigenvalue weighted by Crippen LogP contribution is -2.22. The maximum absolute atomic E-state index is 12.6. The van der Waals surface area contributed by atoms with Gasteiger partial charge in [-0.05, 0) is 49.5 Å². The minimum atomic E-state index is -5.08. The molecule has 0 radical (unpaired) electrons. The summed E-state index contributed by atoms with van der Waals surface area (Å²) >= 11 is 5.87. The predicted octanol–water partition coefficient (Wildman–Crippen LogP) is 3.98. The van der Waals surface area contributed by atoms with E-state index in [-0.39, 0.29) is 0 Å². The molecule has 3 aromatic rings. The number of rotatable bonds is 8. The number of aliphatic hydroxyl groups is 1. The molecule has 0 bridgehead atoms. The Balaban J connectivity index is 0.000000572. The number of H-pyrrole nitrogens is 1. The van der Waals surface area contributed by atoms with Gasteiger partial charge in [-0.25, -0.2) is 4.79 Å². The van der Waals surface area contributed by atoms with Crippen LogP contribution in [0.1, 0.15) is 11.7 Å². The lowest BCUT2D eigenvalue weighted by atomic mass is 10.1. The third kappa shape index (κ3) is 8.87. The summed E-state index contributed by atoms with van der Waals surface area (Å²) in [5.74, 6) is -2.80. The molecule has 1 amide bonds. The molecule has 0 aliphatic heterocycles. The van der Waals surface area contributed by atoms with Crippen molar-refractivity contribution < 1.29 is 37.7 Å². The summed E-state index contributed by atoms with van der Waals surface area (Å²) in [4.78, 5) is 23.5. The number of carboxylic acids is 1. The van der Waals surface area contributed by atoms with Crippen LogP contribution in [0, 0.1) is 0 Å². The van der Waals surface area contributed by atoms with Crippen molar-refractivity contribution in [3.05, 3.63) is 65.4 Å². The molecule has 0 aliphatic rings. The minimum Gasteiger partial charge on any atom is -0.490 e. The van der Waals surface area contributed by atoms with Crippen molar-refractivity contribution in [1.29, 1.82) is 0 Å². The van der Waals surface area contributed by atoms with Crippen molar-refractivity contribution in [1.82, 2.24) is 15.1 Å². The highest BCUT2D eigenvalue weighted by atomic mass is 35.5. The quantitative estimate of drug-likeness (QED) is 0.348. The monoisotopic (exact) mass is 528 g/mol. The van der Waals surface area contributed by atoms with Gasteiger partial charge in [0.15, 0.2) is 6.10 Å². The summed E-state index contributed by atoms with van der Waals surface area (Å²) in [7, 11) is 3.91. The second kappa shape index (κ2) is 12.9. The number of likely N-dealkylation sites (N-methyl/N-ethyl adjacent to an activating group) is 1. The average Bonchev–Trinajstić information content (AvgIpc) is 3.34. The fraction of sp³-hybridized carbons (Fsp3) is 0.261. The Morgan fingerprint density at radius 3 is 2.33 bits per heavy atom. The topological polar surface area (TPSA) is 128 Å². The van der Waals surface area contributed by atoms with Crippen LogP contribution in [0.2, 0.25) is 5.02 Å². The number of nitrogens with one attached hydrogen (secondary N) is 2. The lowest BCUT2D eigenvalue weighted by Gasteiger charge is -2.17. The molecule has 0 fully saturated rings. The molecule has 0 spiro atoms. The molecular formula is C23H24ClF3N4O5. The fourth-order valence-electron chi connectivity index (χ4n) is 2.67. The Bertz CT molecular complexity index is 1140. The van der Waals surface area contributed by atoms with Gasteiger partial charge in [-0.15, -0.1) is 0 Å². The first-order chi connectivity index (χ1) is 16.9. The third-order valence-electron chi connectivity index (χ3n) is 4.54. The zero-order valence-electron chi connectivity index (χ0n) is 19.2. The van der Waals surface area contributed by atoms with E-state index in [1.807, 2.05) is 31.1 Å². The first-order valence-corrected chi connectivity index (χ1v) is 10.7. The number of aromatic amines is 1. The molecule has 2 aromatic carbocycles. The summed E-state index contributed by atoms with van der Waals surface area (Å²) in [6.07, 6.45) is -2.92. The number of hydrogen-bond acceptors (Lipinski definition) is 6. The Labute approximate surface area is 209 Å². The van der Waals surface area contributed by atoms with E-state index >= 15 is 0 Å². The Kier molecular flexibility index (Phi) is 10.3.